The van der Waals surface area contributed by atoms with Crippen LogP contribution in [0.25, 0.3) is 0 Å². The number of aromatic nitrogens is 1. The van der Waals surface area contributed by atoms with Gasteiger partial charge in [-0.1, -0.05) is 11.6 Å². The Balaban J connectivity index is 2.56. The topological polar surface area (TPSA) is 67.3 Å². The van der Waals surface area contributed by atoms with E-state index in [4.69, 9.17) is 11.6 Å². The highest BCUT2D eigenvalue weighted by Crippen LogP contribution is 2.18. The van der Waals surface area contributed by atoms with Crippen molar-refractivity contribution in [2.75, 3.05) is 0 Å². The minimum Gasteiger partial charge on any atom is -0.476 e. The number of rotatable bonds is 3. The molecule has 0 amide bonds. The van der Waals surface area contributed by atoms with Crippen LogP contribution in [0.1, 0.15) is 37.7 Å². The maximum Gasteiger partial charge on any atom is 0.355 e. The number of hydrogen-bond acceptors (Lipinski definition) is 3. The van der Waals surface area contributed by atoms with Crippen molar-refractivity contribution in [2.24, 2.45) is 0 Å². The second-order valence-corrected chi connectivity index (χ2v) is 4.86. The Kier molecular flexibility index (Phi) is 3.86. The van der Waals surface area contributed by atoms with Gasteiger partial charge in [0, 0.05) is 16.3 Å². The number of ketones is 1. The van der Waals surface area contributed by atoms with Crippen LogP contribution in [0.5, 0.6) is 0 Å². The number of pyridine rings is 1. The van der Waals surface area contributed by atoms with Crippen LogP contribution in [-0.2, 0) is 0 Å². The summed E-state index contributed by atoms with van der Waals surface area (Å²) in [4.78, 5) is 27.6. The number of halogens is 1. The number of carboxylic acid groups (broad SMARTS) is 1. The molecule has 1 N–H and O–H groups in total. The lowest BCUT2D eigenvalue weighted by atomic mass is 9.99. The Labute approximate surface area is 121 Å². The summed E-state index contributed by atoms with van der Waals surface area (Å²) in [7, 11) is 0. The monoisotopic (exact) mass is 289 g/mol. The Bertz CT molecular complexity index is 693. The molecule has 1 aromatic carbocycles. The van der Waals surface area contributed by atoms with E-state index >= 15 is 0 Å². The SMILES string of the molecule is Cc1cc(C(=O)c2ccc(Cl)cc2)c(C(=O)O)nc1C. The highest BCUT2D eigenvalue weighted by molar-refractivity contribution is 6.30. The van der Waals surface area contributed by atoms with E-state index in [1.54, 1.807) is 44.2 Å². The molecule has 0 unspecified atom stereocenters. The Morgan fingerprint density at radius 3 is 2.30 bits per heavy atom. The number of aryl methyl sites for hydroxylation is 2. The molecular formula is C15H12ClNO3. The van der Waals surface area contributed by atoms with Crippen molar-refractivity contribution in [1.82, 2.24) is 4.98 Å². The first-order valence-corrected chi connectivity index (χ1v) is 6.29. The Morgan fingerprint density at radius 1 is 1.15 bits per heavy atom. The number of nitrogens with zero attached hydrogens (tertiary/aromatic N) is 1. The predicted molar refractivity (Wildman–Crippen MR) is 75.6 cm³/mol. The quantitative estimate of drug-likeness (QED) is 0.881. The van der Waals surface area contributed by atoms with Crippen LogP contribution in [0, 0.1) is 13.8 Å². The van der Waals surface area contributed by atoms with E-state index in [1.165, 1.54) is 0 Å². The third-order valence-electron chi connectivity index (χ3n) is 3.02. The van der Waals surface area contributed by atoms with Gasteiger partial charge in [0.25, 0.3) is 0 Å². The molecule has 1 heterocycles. The maximum atomic E-state index is 12.4. The van der Waals surface area contributed by atoms with Crippen molar-refractivity contribution >= 4 is 23.4 Å². The summed E-state index contributed by atoms with van der Waals surface area (Å²) in [5.41, 5.74) is 1.60. The molecule has 20 heavy (non-hydrogen) atoms. The van der Waals surface area contributed by atoms with Gasteiger partial charge in [0.15, 0.2) is 11.5 Å². The number of aromatic carboxylic acids is 1. The summed E-state index contributed by atoms with van der Waals surface area (Å²) in [6, 6.07) is 7.85. The zero-order valence-electron chi connectivity index (χ0n) is 11.0. The van der Waals surface area contributed by atoms with Gasteiger partial charge in [-0.2, -0.15) is 0 Å². The molecule has 2 aromatic rings. The van der Waals surface area contributed by atoms with Gasteiger partial charge in [-0.25, -0.2) is 9.78 Å². The summed E-state index contributed by atoms with van der Waals surface area (Å²) >= 11 is 5.77. The Morgan fingerprint density at radius 2 is 1.75 bits per heavy atom. The fourth-order valence-electron chi connectivity index (χ4n) is 1.80. The summed E-state index contributed by atoms with van der Waals surface area (Å²) in [5.74, 6) is -1.60. The lowest BCUT2D eigenvalue weighted by Crippen LogP contribution is -2.13. The fourth-order valence-corrected chi connectivity index (χ4v) is 1.92. The van der Waals surface area contributed by atoms with E-state index in [0.29, 0.717) is 16.3 Å². The van der Waals surface area contributed by atoms with Gasteiger partial charge in [-0.15, -0.1) is 0 Å². The number of hydrogen-bond donors (Lipinski definition) is 1. The summed E-state index contributed by atoms with van der Waals surface area (Å²) < 4.78 is 0. The summed E-state index contributed by atoms with van der Waals surface area (Å²) in [5, 5.41) is 9.70. The van der Waals surface area contributed by atoms with Gasteiger partial charge in [0.1, 0.15) is 0 Å². The lowest BCUT2D eigenvalue weighted by molar-refractivity contribution is 0.0686. The third kappa shape index (κ3) is 2.70. The summed E-state index contributed by atoms with van der Waals surface area (Å²) in [6.07, 6.45) is 0. The lowest BCUT2D eigenvalue weighted by Gasteiger charge is -2.08. The van der Waals surface area contributed by atoms with Crippen LogP contribution in [0.3, 0.4) is 0 Å². The van der Waals surface area contributed by atoms with Gasteiger partial charge in [0.2, 0.25) is 0 Å². The molecule has 5 heteroatoms. The van der Waals surface area contributed by atoms with Crippen LogP contribution in [-0.4, -0.2) is 21.8 Å². The first-order chi connectivity index (χ1) is 9.40. The number of carbonyl (C=O) groups excluding carboxylic acids is 1. The van der Waals surface area contributed by atoms with Gasteiger partial charge in [-0.05, 0) is 49.7 Å². The molecule has 0 saturated heterocycles. The van der Waals surface area contributed by atoms with Crippen molar-refractivity contribution in [3.63, 3.8) is 0 Å². The van der Waals surface area contributed by atoms with Crippen LogP contribution >= 0.6 is 11.6 Å². The molecule has 102 valence electrons. The van der Waals surface area contributed by atoms with Crippen LogP contribution in [0.15, 0.2) is 30.3 Å². The molecule has 2 rings (SSSR count). The number of carboxylic acids is 1. The second kappa shape index (κ2) is 5.43. The average Bonchev–Trinajstić information content (AvgIpc) is 2.41. The molecule has 0 aliphatic rings. The molecule has 0 fully saturated rings. The van der Waals surface area contributed by atoms with Gasteiger partial charge in [0.05, 0.1) is 5.56 Å². The molecule has 0 bridgehead atoms. The van der Waals surface area contributed by atoms with E-state index in [0.717, 1.165) is 5.56 Å². The van der Waals surface area contributed by atoms with Crippen molar-refractivity contribution in [3.8, 4) is 0 Å². The molecule has 1 aromatic heterocycles. The Hall–Kier alpha value is -2.20. The molecule has 4 nitrogen and oxygen atoms in total. The minimum absolute atomic E-state index is 0.0860. The van der Waals surface area contributed by atoms with Crippen molar-refractivity contribution in [3.05, 3.63) is 63.4 Å². The number of benzene rings is 1. The molecule has 0 atom stereocenters. The van der Waals surface area contributed by atoms with Crippen LogP contribution in [0.4, 0.5) is 0 Å². The second-order valence-electron chi connectivity index (χ2n) is 4.43. The standard InChI is InChI=1S/C15H12ClNO3/c1-8-7-12(13(15(19)20)17-9(8)2)14(18)10-3-5-11(16)6-4-10/h3-7H,1-2H3,(H,19,20). The zero-order valence-corrected chi connectivity index (χ0v) is 11.7. The fraction of sp³-hybridized carbons (Fsp3) is 0.133. The maximum absolute atomic E-state index is 12.4. The van der Waals surface area contributed by atoms with E-state index in [-0.39, 0.29) is 17.0 Å². The molecule has 0 saturated carbocycles. The van der Waals surface area contributed by atoms with E-state index < -0.39 is 5.97 Å². The largest absolute Gasteiger partial charge is 0.476 e. The summed E-state index contributed by atoms with van der Waals surface area (Å²) in [6.45, 7) is 3.49. The minimum atomic E-state index is -1.22. The van der Waals surface area contributed by atoms with Crippen LogP contribution in [0.2, 0.25) is 5.02 Å². The van der Waals surface area contributed by atoms with Crippen LogP contribution < -0.4 is 0 Å². The molecular weight excluding hydrogens is 278 g/mol. The molecule has 0 spiro atoms. The van der Waals surface area contributed by atoms with E-state index in [2.05, 4.69) is 4.98 Å². The van der Waals surface area contributed by atoms with E-state index in [1.807, 2.05) is 0 Å². The third-order valence-corrected chi connectivity index (χ3v) is 3.27. The van der Waals surface area contributed by atoms with Gasteiger partial charge >= 0.3 is 5.97 Å². The molecule has 0 radical (unpaired) electrons. The number of carbonyl (C=O) groups is 2. The predicted octanol–water partition coefficient (Wildman–Crippen LogP) is 3.28. The average molecular weight is 290 g/mol. The van der Waals surface area contributed by atoms with Crippen molar-refractivity contribution in [2.45, 2.75) is 13.8 Å². The molecule has 0 aliphatic heterocycles. The first kappa shape index (κ1) is 14.2. The van der Waals surface area contributed by atoms with Crippen molar-refractivity contribution in [1.29, 1.82) is 0 Å². The van der Waals surface area contributed by atoms with Gasteiger partial charge in [-0.3, -0.25) is 4.79 Å². The zero-order chi connectivity index (χ0) is 14.9. The first-order valence-electron chi connectivity index (χ1n) is 5.92. The van der Waals surface area contributed by atoms with E-state index in [9.17, 15) is 14.7 Å². The highest BCUT2D eigenvalue weighted by Gasteiger charge is 2.20. The molecule has 0 aliphatic carbocycles. The van der Waals surface area contributed by atoms with Crippen molar-refractivity contribution < 1.29 is 14.7 Å². The normalized spacial score (nSPS) is 10.3. The smallest absolute Gasteiger partial charge is 0.355 e. The van der Waals surface area contributed by atoms with Gasteiger partial charge < -0.3 is 5.11 Å². The highest BCUT2D eigenvalue weighted by atomic mass is 35.5.